The van der Waals surface area contributed by atoms with E-state index in [2.05, 4.69) is 150 Å². The van der Waals surface area contributed by atoms with Crippen LogP contribution in [0.5, 0.6) is 0 Å². The Hall–Kier alpha value is 5.26. The van der Waals surface area contributed by atoms with Gasteiger partial charge in [-0.2, -0.15) is 0 Å². The van der Waals surface area contributed by atoms with Crippen molar-refractivity contribution in [2.45, 2.75) is 0 Å². The van der Waals surface area contributed by atoms with Crippen LogP contribution >= 0.6 is 86.4 Å². The molecule has 0 aromatic heterocycles. The Morgan fingerprint density at radius 2 is 0.250 bits per heavy atom. The van der Waals surface area contributed by atoms with Crippen LogP contribution in [-0.2, 0) is 79.4 Å². The van der Waals surface area contributed by atoms with Gasteiger partial charge in [-0.3, -0.25) is 0 Å². The van der Waals surface area contributed by atoms with Crippen LogP contribution < -0.4 is 40.2 Å². The third kappa shape index (κ3) is 445. The zero-order valence-electron chi connectivity index (χ0n) is 37.6. The minimum Gasteiger partial charge on any atom is -0.867 e. The maximum Gasteiger partial charge on any atom is 0.121 e. The molecule has 56 heavy (non-hydrogen) atoms. The van der Waals surface area contributed by atoms with Crippen molar-refractivity contribution < 1.29 is 57.5 Å². The SMILES string of the molecule is CS[S+](C)C.CS[S+](C)C.CS[S+](C)C.CS[S+](C)C.CS[S+](C)C.CS[S+](C)C.CS[S+](C)C.CS[S+](C)C.[O-]B([O-])F.[O-]B([O-])F.[O-]B([O-])F.[O-]B([O-])F. The first-order chi connectivity index (χ1) is 25.1. The topological polar surface area (TPSA) is 184 Å². The Balaban J connectivity index is -0.0000000378. The van der Waals surface area contributed by atoms with Crippen molar-refractivity contribution >= 4 is 195 Å². The lowest BCUT2D eigenvalue weighted by Crippen LogP contribution is -2.39. The van der Waals surface area contributed by atoms with Crippen LogP contribution in [0.4, 0.5) is 17.3 Å². The summed E-state index contributed by atoms with van der Waals surface area (Å²) in [4.78, 5) is 0. The molecule has 0 fully saturated rings. The van der Waals surface area contributed by atoms with E-state index in [1.807, 2.05) is 86.4 Å². The molecule has 0 aliphatic heterocycles. The summed E-state index contributed by atoms with van der Waals surface area (Å²) >= 11 is 0. The highest BCUT2D eigenvalue weighted by molar-refractivity contribution is 8.75. The molecule has 0 saturated carbocycles. The van der Waals surface area contributed by atoms with Gasteiger partial charge in [0.2, 0.25) is 0 Å². The second-order valence-corrected chi connectivity index (χ2v) is 46.9. The molecule has 0 aliphatic carbocycles. The van der Waals surface area contributed by atoms with Crippen molar-refractivity contribution in [1.82, 2.24) is 0 Å². The van der Waals surface area contributed by atoms with Gasteiger partial charge in [0.25, 0.3) is 0 Å². The van der Waals surface area contributed by atoms with Crippen LogP contribution in [-0.4, -0.2) is 180 Å². The van der Waals surface area contributed by atoms with Crippen LogP contribution in [0.3, 0.4) is 0 Å². The molecule has 352 valence electrons. The highest BCUT2D eigenvalue weighted by Gasteiger charge is 1.96. The number of hydrogen-bond donors (Lipinski definition) is 0. The molecule has 0 aliphatic rings. The smallest absolute Gasteiger partial charge is 0.121 e. The second-order valence-electron chi connectivity index (χ2n) is 8.36. The summed E-state index contributed by atoms with van der Waals surface area (Å²) in [5, 5.41) is 66.4. The van der Waals surface area contributed by atoms with E-state index in [0.717, 1.165) is 0 Å². The minimum atomic E-state index is -3.17. The van der Waals surface area contributed by atoms with Gasteiger partial charge in [0.15, 0.2) is 0 Å². The van der Waals surface area contributed by atoms with Crippen molar-refractivity contribution in [2.75, 3.05) is 150 Å². The van der Waals surface area contributed by atoms with Gasteiger partial charge in [0, 0.05) is 50.0 Å². The molecule has 0 radical (unpaired) electrons. The molecular weight excluding hydrogens is 1050 g/mol. The molecule has 0 aromatic carbocycles. The maximum atomic E-state index is 9.89. The van der Waals surface area contributed by atoms with Crippen molar-refractivity contribution in [3.63, 3.8) is 0 Å². The summed E-state index contributed by atoms with van der Waals surface area (Å²) in [6, 6.07) is 0. The fourth-order valence-electron chi connectivity index (χ4n) is 0. The van der Waals surface area contributed by atoms with Gasteiger partial charge in [-0.1, -0.05) is 0 Å². The first kappa shape index (κ1) is 91.7. The molecule has 0 bridgehead atoms. The summed E-state index contributed by atoms with van der Waals surface area (Å²) in [5.74, 6) is 0. The third-order valence-corrected chi connectivity index (χ3v) is 24.0. The normalized spacial score (nSPS) is 8.79. The van der Waals surface area contributed by atoms with E-state index in [1.54, 1.807) is 0 Å². The Morgan fingerprint density at radius 1 is 0.232 bits per heavy atom. The van der Waals surface area contributed by atoms with Gasteiger partial charge < -0.3 is 57.5 Å². The molecule has 0 aromatic rings. The molecule has 0 rings (SSSR count). The van der Waals surface area contributed by atoms with E-state index in [1.165, 1.54) is 0 Å². The van der Waals surface area contributed by atoms with Gasteiger partial charge in [0.05, 0.1) is 166 Å². The van der Waals surface area contributed by atoms with E-state index in [4.69, 9.17) is 40.2 Å². The third-order valence-electron chi connectivity index (χ3n) is 2.67. The Kier molecular flexibility index (Phi) is 143. The van der Waals surface area contributed by atoms with E-state index >= 15 is 0 Å². The Labute approximate surface area is 398 Å². The standard InChI is InChI=1S/8C3H9S2.4BFO2/c8*1-4-5(2)3;4*2-1(3)4/h8*1-3H3;;;;/q8*+1;4*-2. The molecule has 0 spiro atoms. The maximum absolute atomic E-state index is 9.89. The zero-order valence-corrected chi connectivity index (χ0v) is 50.7. The second kappa shape index (κ2) is 87.2. The van der Waals surface area contributed by atoms with E-state index in [0.29, 0.717) is 79.4 Å². The first-order valence-corrected chi connectivity index (χ1v) is 44.2. The molecule has 8 nitrogen and oxygen atoms in total. The lowest BCUT2D eigenvalue weighted by atomic mass is 10.3. The van der Waals surface area contributed by atoms with Gasteiger partial charge in [-0.15, -0.1) is 0 Å². The average molecular weight is 1120 g/mol. The van der Waals surface area contributed by atoms with Crippen LogP contribution in [0.2, 0.25) is 0 Å². The number of halogens is 4. The Morgan fingerprint density at radius 3 is 0.250 bits per heavy atom. The van der Waals surface area contributed by atoms with Gasteiger partial charge in [-0.25, -0.2) is 0 Å². The highest BCUT2D eigenvalue weighted by Crippen LogP contribution is 2.04. The quantitative estimate of drug-likeness (QED) is 0.135. The molecule has 32 heteroatoms. The van der Waals surface area contributed by atoms with Crippen LogP contribution in [0.1, 0.15) is 0 Å². The average Bonchev–Trinajstić information content (AvgIpc) is 3.05. The van der Waals surface area contributed by atoms with Crippen molar-refractivity contribution in [2.24, 2.45) is 0 Å². The van der Waals surface area contributed by atoms with E-state index in [9.17, 15) is 17.3 Å². The van der Waals surface area contributed by atoms with Crippen LogP contribution in [0, 0.1) is 0 Å². The van der Waals surface area contributed by atoms with Crippen LogP contribution in [0.15, 0.2) is 0 Å². The van der Waals surface area contributed by atoms with Gasteiger partial charge in [0.1, 0.15) is 130 Å². The summed E-state index contributed by atoms with van der Waals surface area (Å²) < 4.78 is 39.6. The van der Waals surface area contributed by atoms with Crippen molar-refractivity contribution in [3.8, 4) is 0 Å². The summed E-state index contributed by atoms with van der Waals surface area (Å²) in [7, 11) is 7.35. The van der Waals surface area contributed by atoms with E-state index < -0.39 is 29.6 Å². The van der Waals surface area contributed by atoms with E-state index in [-0.39, 0.29) is 0 Å². The molecular formula is C24H72B4F4O8S16. The molecule has 0 N–H and O–H groups in total. The summed E-state index contributed by atoms with van der Waals surface area (Å²) in [6.45, 7) is 0. The van der Waals surface area contributed by atoms with Crippen molar-refractivity contribution in [1.29, 1.82) is 0 Å². The van der Waals surface area contributed by atoms with Gasteiger partial charge >= 0.3 is 0 Å². The lowest BCUT2D eigenvalue weighted by molar-refractivity contribution is -0.368. The number of hydrogen-bond acceptors (Lipinski definition) is 16. The molecule has 0 heterocycles. The molecule has 0 amide bonds. The minimum absolute atomic E-state index is 0.594. The zero-order chi connectivity index (χ0) is 48.6. The highest BCUT2D eigenvalue weighted by atomic mass is 33.2. The Bertz CT molecular complexity index is 437. The lowest BCUT2D eigenvalue weighted by Gasteiger charge is -2.09. The van der Waals surface area contributed by atoms with Crippen LogP contribution in [0.25, 0.3) is 0 Å². The molecule has 0 atom stereocenters. The fourth-order valence-corrected chi connectivity index (χ4v) is 0. The monoisotopic (exact) mass is 1120 g/mol. The molecule has 0 saturated heterocycles. The summed E-state index contributed by atoms with van der Waals surface area (Å²) in [6.07, 6.45) is 52.4. The predicted molar refractivity (Wildman–Crippen MR) is 289 cm³/mol. The largest absolute Gasteiger partial charge is 0.867 e. The summed E-state index contributed by atoms with van der Waals surface area (Å²) in [5.41, 5.74) is 0. The van der Waals surface area contributed by atoms with Gasteiger partial charge in [-0.05, 0) is 0 Å². The first-order valence-electron chi connectivity index (χ1n) is 13.9. The number of rotatable bonds is 8. The molecule has 0 unspecified atom stereocenters. The predicted octanol–water partition coefficient (Wildman–Crippen LogP) is -0.216. The van der Waals surface area contributed by atoms with Crippen molar-refractivity contribution in [3.05, 3.63) is 0 Å². The fraction of sp³-hybridized carbons (Fsp3) is 1.00.